The van der Waals surface area contributed by atoms with E-state index in [4.69, 9.17) is 23.2 Å². The number of hydrogen-bond acceptors (Lipinski definition) is 3. The number of alkyl halides is 3. The van der Waals surface area contributed by atoms with E-state index in [2.05, 4.69) is 9.72 Å². The summed E-state index contributed by atoms with van der Waals surface area (Å²) in [5.41, 5.74) is -1.83. The average molecular weight is 368 g/mol. The number of halogens is 6. The highest BCUT2D eigenvalue weighted by molar-refractivity contribution is 6.33. The Balaban J connectivity index is 2.59. The molecule has 3 nitrogen and oxygen atoms in total. The Morgan fingerprint density at radius 3 is 2.35 bits per heavy atom. The van der Waals surface area contributed by atoms with Gasteiger partial charge in [-0.25, -0.2) is 14.2 Å². The molecule has 9 heteroatoms. The van der Waals surface area contributed by atoms with Crippen LogP contribution in [0.4, 0.5) is 17.6 Å². The maximum absolute atomic E-state index is 14.0. The molecule has 1 heterocycles. The number of aromatic nitrogens is 1. The van der Waals surface area contributed by atoms with Crippen molar-refractivity contribution in [2.45, 2.75) is 6.18 Å². The topological polar surface area (TPSA) is 39.2 Å². The molecule has 1 aromatic heterocycles. The van der Waals surface area contributed by atoms with Crippen molar-refractivity contribution in [3.63, 3.8) is 0 Å². The molecule has 0 amide bonds. The van der Waals surface area contributed by atoms with Gasteiger partial charge in [-0.15, -0.1) is 0 Å². The van der Waals surface area contributed by atoms with Crippen molar-refractivity contribution in [3.8, 4) is 11.3 Å². The minimum atomic E-state index is -4.64. The van der Waals surface area contributed by atoms with E-state index in [1.165, 1.54) is 0 Å². The van der Waals surface area contributed by atoms with Gasteiger partial charge >= 0.3 is 12.1 Å². The summed E-state index contributed by atoms with van der Waals surface area (Å²) in [4.78, 5) is 15.2. The fraction of sp³-hybridized carbons (Fsp3) is 0.143. The minimum absolute atomic E-state index is 0.0395. The fourth-order valence-corrected chi connectivity index (χ4v) is 2.30. The summed E-state index contributed by atoms with van der Waals surface area (Å²) in [5, 5.41) is -0.901. The molecule has 122 valence electrons. The van der Waals surface area contributed by atoms with Crippen molar-refractivity contribution >= 4 is 29.2 Å². The summed E-state index contributed by atoms with van der Waals surface area (Å²) in [7, 11) is 1.08. The molecule has 0 N–H and O–H groups in total. The Morgan fingerprint density at radius 2 is 1.83 bits per heavy atom. The lowest BCUT2D eigenvalue weighted by Crippen LogP contribution is -2.08. The molecule has 0 fully saturated rings. The number of ether oxygens (including phenoxy) is 1. The van der Waals surface area contributed by atoms with E-state index in [0.717, 1.165) is 25.3 Å². The number of esters is 1. The normalized spacial score (nSPS) is 11.4. The van der Waals surface area contributed by atoms with Gasteiger partial charge in [0, 0.05) is 5.56 Å². The van der Waals surface area contributed by atoms with E-state index in [-0.39, 0.29) is 22.0 Å². The Morgan fingerprint density at radius 1 is 1.17 bits per heavy atom. The second kappa shape index (κ2) is 6.33. The molecular formula is C14H7Cl2F4NO2. The van der Waals surface area contributed by atoms with Crippen molar-refractivity contribution in [2.75, 3.05) is 7.11 Å². The zero-order valence-electron chi connectivity index (χ0n) is 11.3. The molecule has 0 radical (unpaired) electrons. The van der Waals surface area contributed by atoms with Gasteiger partial charge in [-0.1, -0.05) is 29.3 Å². The molecule has 0 saturated heterocycles. The van der Waals surface area contributed by atoms with Crippen molar-refractivity contribution < 1.29 is 27.1 Å². The first kappa shape index (κ1) is 17.5. The van der Waals surface area contributed by atoms with Gasteiger partial charge in [-0.3, -0.25) is 0 Å². The highest BCUT2D eigenvalue weighted by atomic mass is 35.5. The number of pyridine rings is 1. The average Bonchev–Trinajstić information content (AvgIpc) is 2.45. The second-order valence-corrected chi connectivity index (χ2v) is 5.15. The number of nitrogens with zero attached hydrogens (tertiary/aromatic N) is 1. The largest absolute Gasteiger partial charge is 0.464 e. The first-order valence-electron chi connectivity index (χ1n) is 5.96. The maximum atomic E-state index is 14.0. The standard InChI is InChI=1S/C14H7Cl2F4NO2/c1-23-13(22)12-9(16)5-10(17)11(21-12)6-2-3-7(8(15)4-6)14(18,19)20/h2-5H,1H3. The van der Waals surface area contributed by atoms with Gasteiger partial charge < -0.3 is 4.74 Å². The van der Waals surface area contributed by atoms with Crippen LogP contribution in [-0.4, -0.2) is 18.1 Å². The van der Waals surface area contributed by atoms with Crippen LogP contribution in [0.3, 0.4) is 0 Å². The summed E-state index contributed by atoms with van der Waals surface area (Å²) < 4.78 is 56.5. The van der Waals surface area contributed by atoms with Gasteiger partial charge in [0.25, 0.3) is 0 Å². The number of methoxy groups -OCH3 is 1. The first-order chi connectivity index (χ1) is 10.6. The van der Waals surface area contributed by atoms with Crippen molar-refractivity contribution in [2.24, 2.45) is 0 Å². The minimum Gasteiger partial charge on any atom is -0.464 e. The molecule has 0 spiro atoms. The van der Waals surface area contributed by atoms with Crippen LogP contribution < -0.4 is 0 Å². The SMILES string of the molecule is COC(=O)c1nc(-c2ccc(C(F)(F)F)c(Cl)c2)c(F)cc1Cl. The molecule has 0 aliphatic rings. The molecule has 0 unspecified atom stereocenters. The van der Waals surface area contributed by atoms with Gasteiger partial charge in [0.1, 0.15) is 5.69 Å². The van der Waals surface area contributed by atoms with E-state index in [1.807, 2.05) is 0 Å². The van der Waals surface area contributed by atoms with Crippen LogP contribution in [0.25, 0.3) is 11.3 Å². The van der Waals surface area contributed by atoms with E-state index in [9.17, 15) is 22.4 Å². The van der Waals surface area contributed by atoms with E-state index in [1.54, 1.807) is 0 Å². The summed E-state index contributed by atoms with van der Waals surface area (Å²) in [6.07, 6.45) is -4.64. The first-order valence-corrected chi connectivity index (χ1v) is 6.72. The number of rotatable bonds is 2. The van der Waals surface area contributed by atoms with E-state index in [0.29, 0.717) is 6.07 Å². The van der Waals surface area contributed by atoms with Crippen molar-refractivity contribution in [3.05, 3.63) is 51.4 Å². The highest BCUT2D eigenvalue weighted by Gasteiger charge is 2.33. The van der Waals surface area contributed by atoms with Crippen LogP contribution in [0, 0.1) is 5.82 Å². The Kier molecular flexibility index (Phi) is 4.81. The third-order valence-electron chi connectivity index (χ3n) is 2.86. The van der Waals surface area contributed by atoms with Gasteiger partial charge in [0.05, 0.1) is 22.7 Å². The highest BCUT2D eigenvalue weighted by Crippen LogP contribution is 2.37. The lowest BCUT2D eigenvalue weighted by atomic mass is 10.1. The Bertz CT molecular complexity index is 778. The molecule has 0 aliphatic carbocycles. The monoisotopic (exact) mass is 367 g/mol. The molecule has 23 heavy (non-hydrogen) atoms. The third kappa shape index (κ3) is 3.56. The van der Waals surface area contributed by atoms with Gasteiger partial charge in [0.15, 0.2) is 11.5 Å². The van der Waals surface area contributed by atoms with E-state index < -0.39 is 28.5 Å². The van der Waals surface area contributed by atoms with Gasteiger partial charge in [0.2, 0.25) is 0 Å². The maximum Gasteiger partial charge on any atom is 0.417 e. The quantitative estimate of drug-likeness (QED) is 0.553. The summed E-state index contributed by atoms with van der Waals surface area (Å²) in [6, 6.07) is 3.42. The van der Waals surface area contributed by atoms with Crippen LogP contribution >= 0.6 is 23.2 Å². The molecule has 0 atom stereocenters. The number of benzene rings is 1. The predicted molar refractivity (Wildman–Crippen MR) is 76.0 cm³/mol. The van der Waals surface area contributed by atoms with Crippen molar-refractivity contribution in [1.82, 2.24) is 4.98 Å². The van der Waals surface area contributed by atoms with Crippen LogP contribution in [0.15, 0.2) is 24.3 Å². The van der Waals surface area contributed by atoms with Crippen LogP contribution in [0.2, 0.25) is 10.0 Å². The molecular weight excluding hydrogens is 361 g/mol. The molecule has 0 bridgehead atoms. The predicted octanol–water partition coefficient (Wildman–Crippen LogP) is 5.00. The third-order valence-corrected chi connectivity index (χ3v) is 3.46. The van der Waals surface area contributed by atoms with Gasteiger partial charge in [-0.05, 0) is 18.2 Å². The second-order valence-electron chi connectivity index (χ2n) is 4.33. The summed E-state index contributed by atoms with van der Waals surface area (Å²) >= 11 is 11.3. The molecule has 0 aliphatic heterocycles. The van der Waals surface area contributed by atoms with Crippen LogP contribution in [-0.2, 0) is 10.9 Å². The fourth-order valence-electron chi connectivity index (χ4n) is 1.80. The molecule has 0 saturated carbocycles. The lowest BCUT2D eigenvalue weighted by molar-refractivity contribution is -0.137. The molecule has 2 aromatic rings. The van der Waals surface area contributed by atoms with Crippen molar-refractivity contribution in [1.29, 1.82) is 0 Å². The lowest BCUT2D eigenvalue weighted by Gasteiger charge is -2.11. The zero-order chi connectivity index (χ0) is 17.4. The smallest absolute Gasteiger partial charge is 0.417 e. The summed E-state index contributed by atoms with van der Waals surface area (Å²) in [6.45, 7) is 0. The van der Waals surface area contributed by atoms with Crippen LogP contribution in [0.5, 0.6) is 0 Å². The number of carbonyl (C=O) groups excluding carboxylic acids is 1. The number of carbonyl (C=O) groups is 1. The van der Waals surface area contributed by atoms with E-state index >= 15 is 0 Å². The molecule has 1 aromatic carbocycles. The van der Waals surface area contributed by atoms with Crippen LogP contribution in [0.1, 0.15) is 16.1 Å². The Labute approximate surface area is 137 Å². The number of hydrogen-bond donors (Lipinski definition) is 0. The Hall–Kier alpha value is -1.86. The zero-order valence-corrected chi connectivity index (χ0v) is 12.9. The van der Waals surface area contributed by atoms with Gasteiger partial charge in [-0.2, -0.15) is 13.2 Å². The summed E-state index contributed by atoms with van der Waals surface area (Å²) in [5.74, 6) is -1.83. The molecule has 2 rings (SSSR count).